The number of piperazine rings is 1. The Bertz CT molecular complexity index is 773. The number of hydrogen-bond donors (Lipinski definition) is 0. The zero-order valence-corrected chi connectivity index (χ0v) is 16.2. The highest BCUT2D eigenvalue weighted by atomic mass is 19.4. The number of alkyl halides is 3. The van der Waals surface area contributed by atoms with Gasteiger partial charge in [-0.2, -0.15) is 13.2 Å². The highest BCUT2D eigenvalue weighted by Crippen LogP contribution is 2.36. The Morgan fingerprint density at radius 3 is 2.14 bits per heavy atom. The number of piperidine rings is 1. The molecule has 0 bridgehead atoms. The Labute approximate surface area is 167 Å². The van der Waals surface area contributed by atoms with E-state index in [0.29, 0.717) is 45.6 Å². The molecule has 0 N–H and O–H groups in total. The molecule has 0 spiro atoms. The van der Waals surface area contributed by atoms with Crippen molar-refractivity contribution in [1.29, 1.82) is 0 Å². The van der Waals surface area contributed by atoms with Crippen molar-refractivity contribution in [3.63, 3.8) is 0 Å². The fourth-order valence-corrected chi connectivity index (χ4v) is 4.24. The maximum atomic E-state index is 13.3. The largest absolute Gasteiger partial charge is 0.419 e. The van der Waals surface area contributed by atoms with Crippen LogP contribution in [0.25, 0.3) is 0 Å². The quantitative estimate of drug-likeness (QED) is 0.768. The highest BCUT2D eigenvalue weighted by Gasteiger charge is 2.39. The fraction of sp³-hybridized carbons (Fsp3) is 0.650. The molecule has 9 heteroatoms. The second-order valence-electron chi connectivity index (χ2n) is 8.08. The van der Waals surface area contributed by atoms with Crippen molar-refractivity contribution in [3.8, 4) is 0 Å². The number of nitrogens with zero attached hydrogens (tertiary/aromatic N) is 4. The van der Waals surface area contributed by atoms with Crippen molar-refractivity contribution >= 4 is 17.6 Å². The van der Waals surface area contributed by atoms with Gasteiger partial charge in [0.1, 0.15) is 5.82 Å². The van der Waals surface area contributed by atoms with Gasteiger partial charge in [0.25, 0.3) is 0 Å². The van der Waals surface area contributed by atoms with E-state index in [9.17, 15) is 22.8 Å². The molecule has 2 aliphatic heterocycles. The average molecular weight is 410 g/mol. The molecule has 2 saturated heterocycles. The molecule has 2 amide bonds. The lowest BCUT2D eigenvalue weighted by molar-refractivity contribution is -0.142. The van der Waals surface area contributed by atoms with E-state index >= 15 is 0 Å². The van der Waals surface area contributed by atoms with E-state index in [0.717, 1.165) is 18.9 Å². The zero-order valence-electron chi connectivity index (χ0n) is 16.2. The maximum Gasteiger partial charge on any atom is 0.419 e. The summed E-state index contributed by atoms with van der Waals surface area (Å²) < 4.78 is 40.0. The van der Waals surface area contributed by atoms with Crippen LogP contribution in [0, 0.1) is 11.8 Å². The Kier molecular flexibility index (Phi) is 5.40. The fourth-order valence-electron chi connectivity index (χ4n) is 4.24. The molecule has 0 radical (unpaired) electrons. The predicted octanol–water partition coefficient (Wildman–Crippen LogP) is 2.40. The third-order valence-corrected chi connectivity index (χ3v) is 5.99. The molecule has 0 aromatic carbocycles. The summed E-state index contributed by atoms with van der Waals surface area (Å²) in [7, 11) is 0. The van der Waals surface area contributed by atoms with E-state index < -0.39 is 11.7 Å². The molecule has 0 unspecified atom stereocenters. The second-order valence-corrected chi connectivity index (χ2v) is 8.08. The first kappa shape index (κ1) is 20.0. The summed E-state index contributed by atoms with van der Waals surface area (Å²) in [5.41, 5.74) is -0.764. The van der Waals surface area contributed by atoms with E-state index in [1.165, 1.54) is 12.3 Å². The Morgan fingerprint density at radius 2 is 1.55 bits per heavy atom. The lowest BCUT2D eigenvalue weighted by atomic mass is 9.95. The molecule has 4 rings (SSSR count). The normalized spacial score (nSPS) is 23.3. The molecule has 1 aliphatic carbocycles. The van der Waals surface area contributed by atoms with Crippen LogP contribution < -0.4 is 4.90 Å². The van der Waals surface area contributed by atoms with Crippen LogP contribution in [0.1, 0.15) is 31.2 Å². The summed E-state index contributed by atoms with van der Waals surface area (Å²) in [6, 6.07) is 2.31. The summed E-state index contributed by atoms with van der Waals surface area (Å²) in [5.74, 6) is -0.117. The van der Waals surface area contributed by atoms with Crippen LogP contribution >= 0.6 is 0 Å². The van der Waals surface area contributed by atoms with Crippen LogP contribution in [-0.4, -0.2) is 65.9 Å². The Morgan fingerprint density at radius 1 is 0.931 bits per heavy atom. The number of carbonyl (C=O) groups excluding carboxylic acids is 2. The van der Waals surface area contributed by atoms with Crippen LogP contribution in [0.15, 0.2) is 18.3 Å². The van der Waals surface area contributed by atoms with Gasteiger partial charge in [-0.25, -0.2) is 4.98 Å². The number of amides is 2. The highest BCUT2D eigenvalue weighted by molar-refractivity contribution is 5.82. The smallest absolute Gasteiger partial charge is 0.355 e. The van der Waals surface area contributed by atoms with Gasteiger partial charge in [-0.1, -0.05) is 0 Å². The molecule has 1 aromatic rings. The topological polar surface area (TPSA) is 56.8 Å². The molecule has 3 heterocycles. The molecule has 6 nitrogen and oxygen atoms in total. The van der Waals surface area contributed by atoms with Crippen molar-refractivity contribution in [1.82, 2.24) is 14.8 Å². The van der Waals surface area contributed by atoms with Crippen LogP contribution in [0.5, 0.6) is 0 Å². The predicted molar refractivity (Wildman–Crippen MR) is 100 cm³/mol. The van der Waals surface area contributed by atoms with Crippen molar-refractivity contribution in [2.75, 3.05) is 44.2 Å². The van der Waals surface area contributed by atoms with Crippen molar-refractivity contribution in [3.05, 3.63) is 23.9 Å². The molecule has 1 atom stereocenters. The van der Waals surface area contributed by atoms with Crippen LogP contribution in [0.2, 0.25) is 0 Å². The zero-order chi connectivity index (χ0) is 20.6. The van der Waals surface area contributed by atoms with Gasteiger partial charge in [0, 0.05) is 51.4 Å². The summed E-state index contributed by atoms with van der Waals surface area (Å²) in [6.07, 6.45) is 0.0961. The van der Waals surface area contributed by atoms with E-state index in [4.69, 9.17) is 0 Å². The SMILES string of the molecule is O=C(C1CC1)N1CCN(C(=O)[C@@H]2CCCN(c3ncccc3C(F)(F)F)C2)CC1. The number of carbonyl (C=O) groups is 2. The van der Waals surface area contributed by atoms with Gasteiger partial charge in [-0.05, 0) is 37.8 Å². The van der Waals surface area contributed by atoms with Crippen LogP contribution in [0.4, 0.5) is 19.0 Å². The standard InChI is InChI=1S/C20H25F3N4O2/c21-20(22,23)16-4-1-7-24-17(16)27-8-2-3-15(13-27)19(29)26-11-9-25(10-12-26)18(28)14-5-6-14/h1,4,7,14-15H,2-3,5-6,8-13H2/t15-/m1/s1. The monoisotopic (exact) mass is 410 g/mol. The molecule has 158 valence electrons. The Hall–Kier alpha value is -2.32. The summed E-state index contributed by atoms with van der Waals surface area (Å²) >= 11 is 0. The third kappa shape index (κ3) is 4.33. The number of hydrogen-bond acceptors (Lipinski definition) is 4. The van der Waals surface area contributed by atoms with Gasteiger partial charge in [0.15, 0.2) is 0 Å². The van der Waals surface area contributed by atoms with Crippen molar-refractivity contribution < 1.29 is 22.8 Å². The first-order valence-electron chi connectivity index (χ1n) is 10.2. The lowest BCUT2D eigenvalue weighted by Gasteiger charge is -2.39. The lowest BCUT2D eigenvalue weighted by Crippen LogP contribution is -2.54. The molecule has 1 aromatic heterocycles. The Balaban J connectivity index is 1.39. The van der Waals surface area contributed by atoms with Gasteiger partial charge in [0.2, 0.25) is 11.8 Å². The van der Waals surface area contributed by atoms with Gasteiger partial charge >= 0.3 is 6.18 Å². The minimum Gasteiger partial charge on any atom is -0.355 e. The summed E-state index contributed by atoms with van der Waals surface area (Å²) in [4.78, 5) is 34.3. The third-order valence-electron chi connectivity index (χ3n) is 5.99. The summed E-state index contributed by atoms with van der Waals surface area (Å²) in [6.45, 7) is 2.75. The van der Waals surface area contributed by atoms with Gasteiger partial charge in [-0.15, -0.1) is 0 Å². The van der Waals surface area contributed by atoms with Crippen molar-refractivity contribution in [2.45, 2.75) is 31.9 Å². The number of pyridine rings is 1. The van der Waals surface area contributed by atoms with Crippen LogP contribution in [-0.2, 0) is 15.8 Å². The molecular formula is C20H25F3N4O2. The van der Waals surface area contributed by atoms with Gasteiger partial charge in [-0.3, -0.25) is 9.59 Å². The number of halogens is 3. The molecule has 3 fully saturated rings. The van der Waals surface area contributed by atoms with Crippen LogP contribution in [0.3, 0.4) is 0 Å². The maximum absolute atomic E-state index is 13.3. The second kappa shape index (κ2) is 7.84. The first-order chi connectivity index (χ1) is 13.8. The first-order valence-corrected chi connectivity index (χ1v) is 10.2. The summed E-state index contributed by atoms with van der Waals surface area (Å²) in [5, 5.41) is 0. The molecular weight excluding hydrogens is 385 g/mol. The molecule has 3 aliphatic rings. The van der Waals surface area contributed by atoms with Crippen molar-refractivity contribution in [2.24, 2.45) is 11.8 Å². The number of anilines is 1. The minimum atomic E-state index is -4.48. The molecule has 1 saturated carbocycles. The van der Waals surface area contributed by atoms with Gasteiger partial charge in [0.05, 0.1) is 11.5 Å². The minimum absolute atomic E-state index is 0.0299. The van der Waals surface area contributed by atoms with E-state index in [-0.39, 0.29) is 36.0 Å². The van der Waals surface area contributed by atoms with E-state index in [2.05, 4.69) is 4.98 Å². The number of rotatable bonds is 3. The van der Waals surface area contributed by atoms with E-state index in [1.807, 2.05) is 4.90 Å². The number of aromatic nitrogens is 1. The van der Waals surface area contributed by atoms with Gasteiger partial charge < -0.3 is 14.7 Å². The average Bonchev–Trinajstić information content (AvgIpc) is 3.58. The molecule has 29 heavy (non-hydrogen) atoms. The van der Waals surface area contributed by atoms with E-state index in [1.54, 1.807) is 9.80 Å².